The maximum atomic E-state index is 12.4. The molecule has 5 heteroatoms. The standard InChI is InChI=1S/C12H20N2O3/c1-8(2)9(10(15)16)14-6-4-12(11(14)17)3-5-13-7-12/h8-9,13H,3-7H2,1-2H3,(H,15,16). The first kappa shape index (κ1) is 12.4. The summed E-state index contributed by atoms with van der Waals surface area (Å²) in [6.07, 6.45) is 1.63. The Morgan fingerprint density at radius 2 is 2.18 bits per heavy atom. The number of hydrogen-bond donors (Lipinski definition) is 2. The molecule has 1 amide bonds. The normalized spacial score (nSPS) is 30.5. The van der Waals surface area contributed by atoms with E-state index in [1.807, 2.05) is 13.8 Å². The van der Waals surface area contributed by atoms with E-state index in [0.29, 0.717) is 13.1 Å². The average molecular weight is 240 g/mol. The SMILES string of the molecule is CC(C)C(C(=O)O)N1CCC2(CCNC2)C1=O. The van der Waals surface area contributed by atoms with Gasteiger partial charge in [0.25, 0.3) is 0 Å². The highest BCUT2D eigenvalue weighted by molar-refractivity contribution is 5.89. The number of carboxylic acids is 1. The van der Waals surface area contributed by atoms with Crippen LogP contribution in [0, 0.1) is 11.3 Å². The van der Waals surface area contributed by atoms with E-state index >= 15 is 0 Å². The van der Waals surface area contributed by atoms with Gasteiger partial charge in [-0.25, -0.2) is 4.79 Å². The minimum Gasteiger partial charge on any atom is -0.480 e. The van der Waals surface area contributed by atoms with Crippen LogP contribution < -0.4 is 5.32 Å². The summed E-state index contributed by atoms with van der Waals surface area (Å²) in [4.78, 5) is 25.2. The van der Waals surface area contributed by atoms with E-state index in [9.17, 15) is 14.7 Å². The van der Waals surface area contributed by atoms with Crippen LogP contribution >= 0.6 is 0 Å². The number of carbonyl (C=O) groups is 2. The summed E-state index contributed by atoms with van der Waals surface area (Å²) in [7, 11) is 0. The maximum absolute atomic E-state index is 12.4. The third-order valence-corrected chi connectivity index (χ3v) is 4.01. The Hall–Kier alpha value is -1.10. The molecular weight excluding hydrogens is 220 g/mol. The highest BCUT2D eigenvalue weighted by Crippen LogP contribution is 2.39. The van der Waals surface area contributed by atoms with Crippen LogP contribution in [0.2, 0.25) is 0 Å². The van der Waals surface area contributed by atoms with E-state index in [0.717, 1.165) is 19.4 Å². The first-order chi connectivity index (χ1) is 7.98. The fraction of sp³-hybridized carbons (Fsp3) is 0.833. The highest BCUT2D eigenvalue weighted by Gasteiger charge is 2.51. The monoisotopic (exact) mass is 240 g/mol. The maximum Gasteiger partial charge on any atom is 0.326 e. The summed E-state index contributed by atoms with van der Waals surface area (Å²) < 4.78 is 0. The van der Waals surface area contributed by atoms with Crippen LogP contribution in [0.4, 0.5) is 0 Å². The first-order valence-corrected chi connectivity index (χ1v) is 6.22. The number of carboxylic acid groups (broad SMARTS) is 1. The quantitative estimate of drug-likeness (QED) is 0.745. The molecular formula is C12H20N2O3. The van der Waals surface area contributed by atoms with Gasteiger partial charge in [-0.2, -0.15) is 0 Å². The Bertz CT molecular complexity index is 335. The molecule has 0 aliphatic carbocycles. The zero-order valence-electron chi connectivity index (χ0n) is 10.4. The predicted molar refractivity (Wildman–Crippen MR) is 62.5 cm³/mol. The number of rotatable bonds is 3. The van der Waals surface area contributed by atoms with Gasteiger partial charge in [0.1, 0.15) is 6.04 Å². The van der Waals surface area contributed by atoms with Gasteiger partial charge in [0.15, 0.2) is 0 Å². The second-order valence-corrected chi connectivity index (χ2v) is 5.48. The minimum absolute atomic E-state index is 0.0311. The number of aliphatic carboxylic acids is 1. The minimum atomic E-state index is -0.892. The van der Waals surface area contributed by atoms with E-state index < -0.39 is 12.0 Å². The van der Waals surface area contributed by atoms with Gasteiger partial charge in [-0.1, -0.05) is 13.8 Å². The highest BCUT2D eigenvalue weighted by atomic mass is 16.4. The van der Waals surface area contributed by atoms with E-state index in [-0.39, 0.29) is 17.2 Å². The number of likely N-dealkylation sites (tertiary alicyclic amines) is 1. The fourth-order valence-electron chi connectivity index (χ4n) is 3.03. The zero-order valence-corrected chi connectivity index (χ0v) is 10.4. The molecule has 2 atom stereocenters. The van der Waals surface area contributed by atoms with Crippen molar-refractivity contribution >= 4 is 11.9 Å². The van der Waals surface area contributed by atoms with Crippen molar-refractivity contribution in [1.29, 1.82) is 0 Å². The van der Waals surface area contributed by atoms with Crippen molar-refractivity contribution in [2.75, 3.05) is 19.6 Å². The molecule has 96 valence electrons. The van der Waals surface area contributed by atoms with Crippen molar-refractivity contribution < 1.29 is 14.7 Å². The molecule has 2 saturated heterocycles. The molecule has 0 aromatic carbocycles. The summed E-state index contributed by atoms with van der Waals surface area (Å²) in [5.74, 6) is -0.916. The molecule has 5 nitrogen and oxygen atoms in total. The van der Waals surface area contributed by atoms with Crippen LogP contribution in [0.25, 0.3) is 0 Å². The van der Waals surface area contributed by atoms with Crippen LogP contribution in [0.5, 0.6) is 0 Å². The number of amides is 1. The summed E-state index contributed by atoms with van der Waals surface area (Å²) >= 11 is 0. The first-order valence-electron chi connectivity index (χ1n) is 6.22. The van der Waals surface area contributed by atoms with Crippen molar-refractivity contribution in [3.05, 3.63) is 0 Å². The molecule has 17 heavy (non-hydrogen) atoms. The average Bonchev–Trinajstić information content (AvgIpc) is 2.81. The molecule has 2 N–H and O–H groups in total. The largest absolute Gasteiger partial charge is 0.480 e. The fourth-order valence-corrected chi connectivity index (χ4v) is 3.03. The molecule has 2 unspecified atom stereocenters. The molecule has 0 radical (unpaired) electrons. The van der Waals surface area contributed by atoms with Crippen LogP contribution in [-0.4, -0.2) is 47.6 Å². The lowest BCUT2D eigenvalue weighted by molar-refractivity contribution is -0.152. The lowest BCUT2D eigenvalue weighted by Gasteiger charge is -2.29. The lowest BCUT2D eigenvalue weighted by atomic mass is 9.85. The van der Waals surface area contributed by atoms with Gasteiger partial charge in [-0.15, -0.1) is 0 Å². The number of nitrogens with one attached hydrogen (secondary N) is 1. The molecule has 2 rings (SSSR count). The molecule has 2 heterocycles. The number of carbonyl (C=O) groups excluding carboxylic acids is 1. The van der Waals surface area contributed by atoms with Gasteiger partial charge >= 0.3 is 5.97 Å². The van der Waals surface area contributed by atoms with Crippen molar-refractivity contribution in [3.8, 4) is 0 Å². The van der Waals surface area contributed by atoms with Crippen molar-refractivity contribution in [2.45, 2.75) is 32.7 Å². The molecule has 0 bridgehead atoms. The second-order valence-electron chi connectivity index (χ2n) is 5.48. The van der Waals surface area contributed by atoms with Gasteiger partial charge in [-0.3, -0.25) is 4.79 Å². The second kappa shape index (κ2) is 4.29. The summed E-state index contributed by atoms with van der Waals surface area (Å²) in [5, 5.41) is 12.5. The molecule has 1 spiro atoms. The summed E-state index contributed by atoms with van der Waals surface area (Å²) in [6, 6.07) is -0.678. The molecule has 2 aliphatic rings. The number of hydrogen-bond acceptors (Lipinski definition) is 3. The molecule has 2 aliphatic heterocycles. The van der Waals surface area contributed by atoms with E-state index in [4.69, 9.17) is 0 Å². The summed E-state index contributed by atoms with van der Waals surface area (Å²) in [5.41, 5.74) is -0.317. The van der Waals surface area contributed by atoms with E-state index in [1.54, 1.807) is 4.90 Å². The van der Waals surface area contributed by atoms with Crippen LogP contribution in [0.3, 0.4) is 0 Å². The third-order valence-electron chi connectivity index (χ3n) is 4.01. The Kier molecular flexibility index (Phi) is 3.12. The molecule has 0 aromatic heterocycles. The lowest BCUT2D eigenvalue weighted by Crippen LogP contribution is -2.48. The third kappa shape index (κ3) is 1.92. The van der Waals surface area contributed by atoms with Gasteiger partial charge < -0.3 is 15.3 Å². The van der Waals surface area contributed by atoms with E-state index in [2.05, 4.69) is 5.32 Å². The van der Waals surface area contributed by atoms with Gasteiger partial charge in [0, 0.05) is 13.1 Å². The number of nitrogens with zero attached hydrogens (tertiary/aromatic N) is 1. The van der Waals surface area contributed by atoms with Crippen molar-refractivity contribution in [2.24, 2.45) is 11.3 Å². The van der Waals surface area contributed by atoms with Crippen LogP contribution in [0.1, 0.15) is 26.7 Å². The Morgan fingerprint density at radius 1 is 1.47 bits per heavy atom. The predicted octanol–water partition coefficient (Wildman–Crippen LogP) is 0.308. The molecule has 0 aromatic rings. The molecule has 2 fully saturated rings. The van der Waals surface area contributed by atoms with Crippen LogP contribution in [0.15, 0.2) is 0 Å². The van der Waals surface area contributed by atoms with E-state index in [1.165, 1.54) is 0 Å². The summed E-state index contributed by atoms with van der Waals surface area (Å²) in [6.45, 7) is 5.84. The van der Waals surface area contributed by atoms with Crippen molar-refractivity contribution in [3.63, 3.8) is 0 Å². The Morgan fingerprint density at radius 3 is 2.65 bits per heavy atom. The van der Waals surface area contributed by atoms with Crippen molar-refractivity contribution in [1.82, 2.24) is 10.2 Å². The Labute approximate surface area is 101 Å². The molecule has 0 saturated carbocycles. The Balaban J connectivity index is 2.18. The van der Waals surface area contributed by atoms with Gasteiger partial charge in [0.05, 0.1) is 5.41 Å². The topological polar surface area (TPSA) is 69.6 Å². The van der Waals surface area contributed by atoms with Gasteiger partial charge in [0.2, 0.25) is 5.91 Å². The smallest absolute Gasteiger partial charge is 0.326 e. The van der Waals surface area contributed by atoms with Gasteiger partial charge in [-0.05, 0) is 25.3 Å². The van der Waals surface area contributed by atoms with Crippen LogP contribution in [-0.2, 0) is 9.59 Å². The zero-order chi connectivity index (χ0) is 12.6.